The molecule has 1 aromatic heterocycles. The third kappa shape index (κ3) is 4.88. The van der Waals surface area contributed by atoms with E-state index in [9.17, 15) is 4.79 Å². The number of fused-ring (bicyclic) bond motifs is 1. The van der Waals surface area contributed by atoms with Crippen LogP contribution in [-0.4, -0.2) is 5.78 Å². The van der Waals surface area contributed by atoms with Crippen LogP contribution >= 0.6 is 22.9 Å². The number of nitrogens with zero attached hydrogens (tertiary/aromatic N) is 2. The fourth-order valence-electron chi connectivity index (χ4n) is 4.14. The van der Waals surface area contributed by atoms with Gasteiger partial charge in [0.15, 0.2) is 5.78 Å². The van der Waals surface area contributed by atoms with Crippen LogP contribution in [-0.2, 0) is 4.79 Å². The monoisotopic (exact) mass is 508 g/mol. The maximum Gasteiger partial charge on any atom is 0.190 e. The van der Waals surface area contributed by atoms with Crippen LogP contribution in [0.3, 0.4) is 0 Å². The predicted molar refractivity (Wildman–Crippen MR) is 152 cm³/mol. The van der Waals surface area contributed by atoms with E-state index in [0.717, 1.165) is 31.7 Å². The Labute approximate surface area is 220 Å². The first-order valence-corrected chi connectivity index (χ1v) is 12.9. The minimum atomic E-state index is -0.345. The average Bonchev–Trinajstić information content (AvgIpc) is 3.29. The molecule has 5 rings (SSSR count). The van der Waals surface area contributed by atoms with Gasteiger partial charge in [0.2, 0.25) is 0 Å². The molecule has 5 heteroatoms. The number of halogens is 1. The number of hydrogen-bond acceptors (Lipinski definition) is 4. The summed E-state index contributed by atoms with van der Waals surface area (Å²) in [7, 11) is 0. The van der Waals surface area contributed by atoms with Gasteiger partial charge in [0.25, 0.3) is 0 Å². The summed E-state index contributed by atoms with van der Waals surface area (Å²) in [6, 6.07) is 27.6. The Bertz CT molecular complexity index is 1550. The van der Waals surface area contributed by atoms with Gasteiger partial charge in [-0.15, -0.1) is 21.6 Å². The van der Waals surface area contributed by atoms with E-state index < -0.39 is 0 Å². The van der Waals surface area contributed by atoms with Crippen molar-refractivity contribution in [3.8, 4) is 0 Å². The van der Waals surface area contributed by atoms with Crippen LogP contribution in [0.4, 0.5) is 5.69 Å². The lowest BCUT2D eigenvalue weighted by molar-refractivity contribution is -0.111. The highest BCUT2D eigenvalue weighted by molar-refractivity contribution is 7.20. The predicted octanol–water partition coefficient (Wildman–Crippen LogP) is 9.69. The van der Waals surface area contributed by atoms with Gasteiger partial charge in [0.1, 0.15) is 11.4 Å². The minimum Gasteiger partial charge on any atom is -0.289 e. The third-order valence-electron chi connectivity index (χ3n) is 6.02. The van der Waals surface area contributed by atoms with Gasteiger partial charge in [-0.3, -0.25) is 4.79 Å². The van der Waals surface area contributed by atoms with Gasteiger partial charge in [0.05, 0.1) is 9.90 Å². The molecule has 0 atom stereocenters. The zero-order valence-electron chi connectivity index (χ0n) is 20.3. The van der Waals surface area contributed by atoms with Crippen LogP contribution in [0.15, 0.2) is 118 Å². The molecule has 0 bridgehead atoms. The number of azo groups is 1. The number of Topliss-reactive ketones (excluding diaryl/α,β-unsaturated/α-hetero) is 1. The van der Waals surface area contributed by atoms with Crippen LogP contribution < -0.4 is 0 Å². The van der Waals surface area contributed by atoms with E-state index in [2.05, 4.69) is 44.1 Å². The lowest BCUT2D eigenvalue weighted by Gasteiger charge is -2.26. The second-order valence-electron chi connectivity index (χ2n) is 9.67. The van der Waals surface area contributed by atoms with E-state index in [1.54, 1.807) is 17.4 Å². The Morgan fingerprint density at radius 1 is 0.861 bits per heavy atom. The SMILES string of the molecule is CC(C)(C)C1=C/C(=C(\N=Nc2ccccc2Cl)c2cc3ccccc3s2)C=C(c2ccccc2)C1=O. The molecule has 4 aromatic rings. The summed E-state index contributed by atoms with van der Waals surface area (Å²) in [6.07, 6.45) is 3.92. The first-order valence-electron chi connectivity index (χ1n) is 11.7. The van der Waals surface area contributed by atoms with Crippen LogP contribution in [0.1, 0.15) is 31.2 Å². The molecule has 0 fully saturated rings. The van der Waals surface area contributed by atoms with E-state index >= 15 is 0 Å². The molecule has 0 saturated carbocycles. The summed E-state index contributed by atoms with van der Waals surface area (Å²) >= 11 is 8.03. The van der Waals surface area contributed by atoms with Crippen molar-refractivity contribution in [3.05, 3.63) is 124 Å². The molecule has 0 amide bonds. The molecule has 0 saturated heterocycles. The third-order valence-corrected chi connectivity index (χ3v) is 7.47. The molecular formula is C31H25ClN2OS. The number of benzene rings is 3. The van der Waals surface area contributed by atoms with E-state index in [0.29, 0.717) is 22.0 Å². The van der Waals surface area contributed by atoms with E-state index in [1.165, 1.54) is 0 Å². The largest absolute Gasteiger partial charge is 0.289 e. The molecule has 178 valence electrons. The molecule has 3 nitrogen and oxygen atoms in total. The molecule has 0 N–H and O–H groups in total. The number of hydrogen-bond donors (Lipinski definition) is 0. The minimum absolute atomic E-state index is 0.0381. The molecule has 0 unspecified atom stereocenters. The van der Waals surface area contributed by atoms with E-state index in [4.69, 9.17) is 16.7 Å². The van der Waals surface area contributed by atoms with Crippen molar-refractivity contribution in [3.63, 3.8) is 0 Å². The standard InChI is InChI=1S/C31H25ClN2OS/c1-31(2,3)24-18-22(17-23(30(24)35)20-11-5-4-6-12-20)29(34-33-26-15-9-8-14-25(26)32)28-19-21-13-7-10-16-27(21)36-28/h4-19H,1-3H3/b29-22-,34-33?. The molecular weight excluding hydrogens is 484 g/mol. The fraction of sp³-hybridized carbons (Fsp3) is 0.129. The molecule has 1 aliphatic carbocycles. The quantitative estimate of drug-likeness (QED) is 0.253. The number of carbonyl (C=O) groups excluding carboxylic acids is 1. The van der Waals surface area contributed by atoms with Gasteiger partial charge in [-0.1, -0.05) is 93.0 Å². The molecule has 0 radical (unpaired) electrons. The first-order chi connectivity index (χ1) is 17.3. The van der Waals surface area contributed by atoms with Gasteiger partial charge in [-0.25, -0.2) is 0 Å². The van der Waals surface area contributed by atoms with Crippen molar-refractivity contribution in [1.29, 1.82) is 0 Å². The van der Waals surface area contributed by atoms with Crippen molar-refractivity contribution in [2.75, 3.05) is 0 Å². The number of rotatable bonds is 4. The normalized spacial score (nSPS) is 15.8. The van der Waals surface area contributed by atoms with E-state index in [1.807, 2.05) is 72.8 Å². The molecule has 3 aromatic carbocycles. The summed E-state index contributed by atoms with van der Waals surface area (Å²) in [4.78, 5) is 14.6. The summed E-state index contributed by atoms with van der Waals surface area (Å²) in [6.45, 7) is 6.19. The van der Waals surface area contributed by atoms with Gasteiger partial charge >= 0.3 is 0 Å². The Balaban J connectivity index is 1.78. The lowest BCUT2D eigenvalue weighted by Crippen LogP contribution is -2.21. The average molecular weight is 509 g/mol. The Morgan fingerprint density at radius 3 is 2.28 bits per heavy atom. The zero-order valence-corrected chi connectivity index (χ0v) is 21.9. The van der Waals surface area contributed by atoms with Crippen LogP contribution in [0.2, 0.25) is 5.02 Å². The maximum atomic E-state index is 13.6. The van der Waals surface area contributed by atoms with Crippen LogP contribution in [0, 0.1) is 5.41 Å². The van der Waals surface area contributed by atoms with E-state index in [-0.39, 0.29) is 11.2 Å². The van der Waals surface area contributed by atoms with Gasteiger partial charge in [0, 0.05) is 21.4 Å². The maximum absolute atomic E-state index is 13.6. The molecule has 1 aliphatic rings. The van der Waals surface area contributed by atoms with Crippen molar-refractivity contribution >= 4 is 55.8 Å². The fourth-order valence-corrected chi connectivity index (χ4v) is 5.38. The Kier molecular flexibility index (Phi) is 6.57. The lowest BCUT2D eigenvalue weighted by atomic mass is 9.76. The Morgan fingerprint density at radius 2 is 1.56 bits per heavy atom. The van der Waals surface area contributed by atoms with Crippen molar-refractivity contribution in [2.45, 2.75) is 20.8 Å². The molecule has 36 heavy (non-hydrogen) atoms. The topological polar surface area (TPSA) is 41.8 Å². The highest BCUT2D eigenvalue weighted by Crippen LogP contribution is 2.41. The number of carbonyl (C=O) groups is 1. The molecule has 0 aliphatic heterocycles. The second-order valence-corrected chi connectivity index (χ2v) is 11.2. The first kappa shape index (κ1) is 24.1. The van der Waals surface area contributed by atoms with Gasteiger partial charge in [-0.2, -0.15) is 0 Å². The van der Waals surface area contributed by atoms with Crippen molar-refractivity contribution in [2.24, 2.45) is 15.6 Å². The summed E-state index contributed by atoms with van der Waals surface area (Å²) in [5.74, 6) is 0.0381. The van der Waals surface area contributed by atoms with Crippen LogP contribution in [0.5, 0.6) is 0 Å². The summed E-state index contributed by atoms with van der Waals surface area (Å²) < 4.78 is 1.16. The van der Waals surface area contributed by atoms with Gasteiger partial charge in [-0.05, 0) is 52.8 Å². The van der Waals surface area contributed by atoms with Crippen LogP contribution in [0.25, 0.3) is 21.4 Å². The zero-order chi connectivity index (χ0) is 25.3. The number of ketones is 1. The van der Waals surface area contributed by atoms with Gasteiger partial charge < -0.3 is 0 Å². The molecule has 1 heterocycles. The smallest absolute Gasteiger partial charge is 0.190 e. The second kappa shape index (κ2) is 9.81. The summed E-state index contributed by atoms with van der Waals surface area (Å²) in [5, 5.41) is 10.9. The van der Waals surface area contributed by atoms with Crippen molar-refractivity contribution < 1.29 is 4.79 Å². The summed E-state index contributed by atoms with van der Waals surface area (Å²) in [5.41, 5.74) is 4.09. The highest BCUT2D eigenvalue weighted by atomic mass is 35.5. The number of allylic oxidation sites excluding steroid dienone is 5. The highest BCUT2D eigenvalue weighted by Gasteiger charge is 2.31. The number of thiophene rings is 1. The molecule has 0 spiro atoms. The van der Waals surface area contributed by atoms with Crippen molar-refractivity contribution in [1.82, 2.24) is 0 Å². The Hall–Kier alpha value is -3.60.